The molecule has 0 aliphatic rings. The summed E-state index contributed by atoms with van der Waals surface area (Å²) in [6, 6.07) is 29.6. The first-order valence-electron chi connectivity index (χ1n) is 16.8. The predicted molar refractivity (Wildman–Crippen MR) is 182 cm³/mol. The van der Waals surface area contributed by atoms with E-state index in [-0.39, 0.29) is 5.97 Å². The minimum Gasteiger partial charge on any atom is -0.494 e. The Balaban J connectivity index is 1.51. The molecule has 0 saturated heterocycles. The summed E-state index contributed by atoms with van der Waals surface area (Å²) in [7, 11) is 0. The number of aromatic nitrogens is 2. The minimum absolute atomic E-state index is 0.0877. The second-order valence-electron chi connectivity index (χ2n) is 11.5. The fourth-order valence-electron chi connectivity index (χ4n) is 5.65. The van der Waals surface area contributed by atoms with Gasteiger partial charge in [-0.15, -0.1) is 0 Å². The van der Waals surface area contributed by atoms with Crippen molar-refractivity contribution in [2.45, 2.75) is 97.4 Å². The second-order valence-corrected chi connectivity index (χ2v) is 11.5. The molecule has 0 aliphatic heterocycles. The zero-order valence-corrected chi connectivity index (χ0v) is 26.8. The van der Waals surface area contributed by atoms with Gasteiger partial charge in [-0.25, -0.2) is 4.98 Å². The van der Waals surface area contributed by atoms with Crippen LogP contribution in [0.2, 0.25) is 0 Å². The van der Waals surface area contributed by atoms with E-state index in [1.54, 1.807) is 0 Å². The van der Waals surface area contributed by atoms with Crippen LogP contribution in [0.3, 0.4) is 0 Å². The van der Waals surface area contributed by atoms with Gasteiger partial charge in [0.25, 0.3) is 0 Å². The van der Waals surface area contributed by atoms with Crippen LogP contribution in [0.25, 0.3) is 33.9 Å². The van der Waals surface area contributed by atoms with Crippen molar-refractivity contribution >= 4 is 5.97 Å². The van der Waals surface area contributed by atoms with Gasteiger partial charge in [0, 0.05) is 29.7 Å². The van der Waals surface area contributed by atoms with Crippen LogP contribution in [0, 0.1) is 0 Å². The lowest BCUT2D eigenvalue weighted by molar-refractivity contribution is -0.143. The minimum atomic E-state index is -0.0877. The third-order valence-corrected chi connectivity index (χ3v) is 8.01. The van der Waals surface area contributed by atoms with Crippen molar-refractivity contribution in [3.8, 4) is 39.7 Å². The molecular formula is C39H50N2O3. The molecule has 5 nitrogen and oxygen atoms in total. The van der Waals surface area contributed by atoms with Gasteiger partial charge in [0.2, 0.25) is 0 Å². The molecule has 234 valence electrons. The third kappa shape index (κ3) is 10.1. The van der Waals surface area contributed by atoms with E-state index in [0.717, 1.165) is 85.8 Å². The standard InChI is InChI=1S/C39H50N2O3/c1-3-5-6-7-11-20-31-44-35-28-26-34(27-29-35)39-40-37(32-21-14-12-15-22-32)38(33-23-16-13-17-24-33)41(39)30-19-10-8-9-18-25-36(42)43-4-2/h12-17,21-24,26-29H,3-11,18-20,25,30-31H2,1-2H3. The highest BCUT2D eigenvalue weighted by molar-refractivity contribution is 5.82. The Morgan fingerprint density at radius 3 is 1.95 bits per heavy atom. The van der Waals surface area contributed by atoms with E-state index in [9.17, 15) is 4.79 Å². The van der Waals surface area contributed by atoms with Crippen molar-refractivity contribution in [3.63, 3.8) is 0 Å². The van der Waals surface area contributed by atoms with Crippen molar-refractivity contribution < 1.29 is 14.3 Å². The highest BCUT2D eigenvalue weighted by Crippen LogP contribution is 2.37. The van der Waals surface area contributed by atoms with Crippen molar-refractivity contribution in [3.05, 3.63) is 84.9 Å². The number of hydrogen-bond donors (Lipinski definition) is 0. The highest BCUT2D eigenvalue weighted by Gasteiger charge is 2.21. The summed E-state index contributed by atoms with van der Waals surface area (Å²) >= 11 is 0. The molecule has 5 heteroatoms. The lowest BCUT2D eigenvalue weighted by atomic mass is 10.0. The number of carbonyl (C=O) groups is 1. The number of benzene rings is 3. The molecule has 0 saturated carbocycles. The smallest absolute Gasteiger partial charge is 0.305 e. The molecule has 0 atom stereocenters. The van der Waals surface area contributed by atoms with Crippen molar-refractivity contribution in [1.29, 1.82) is 0 Å². The monoisotopic (exact) mass is 594 g/mol. The largest absolute Gasteiger partial charge is 0.494 e. The summed E-state index contributed by atoms with van der Waals surface area (Å²) in [5.74, 6) is 1.80. The Hall–Kier alpha value is -3.86. The first kappa shape index (κ1) is 33.0. The average molecular weight is 595 g/mol. The van der Waals surface area contributed by atoms with Crippen molar-refractivity contribution in [2.24, 2.45) is 0 Å². The van der Waals surface area contributed by atoms with E-state index in [2.05, 4.69) is 96.4 Å². The van der Waals surface area contributed by atoms with Crippen LogP contribution in [0.1, 0.15) is 90.9 Å². The number of unbranched alkanes of at least 4 members (excludes halogenated alkanes) is 9. The zero-order valence-electron chi connectivity index (χ0n) is 26.8. The van der Waals surface area contributed by atoms with Crippen LogP contribution >= 0.6 is 0 Å². The van der Waals surface area contributed by atoms with Gasteiger partial charge in [0.05, 0.1) is 24.6 Å². The molecule has 0 bridgehead atoms. The molecule has 44 heavy (non-hydrogen) atoms. The van der Waals surface area contributed by atoms with Gasteiger partial charge in [0.15, 0.2) is 0 Å². The lowest BCUT2D eigenvalue weighted by Crippen LogP contribution is -2.04. The molecule has 0 radical (unpaired) electrons. The van der Waals surface area contributed by atoms with Gasteiger partial charge < -0.3 is 14.0 Å². The molecule has 4 rings (SSSR count). The van der Waals surface area contributed by atoms with Crippen LogP contribution in [0.5, 0.6) is 5.75 Å². The van der Waals surface area contributed by atoms with Crippen molar-refractivity contribution in [1.82, 2.24) is 9.55 Å². The quantitative estimate of drug-likeness (QED) is 0.0754. The van der Waals surface area contributed by atoms with Crippen LogP contribution in [-0.4, -0.2) is 28.7 Å². The van der Waals surface area contributed by atoms with Crippen LogP contribution in [0.4, 0.5) is 0 Å². The molecule has 1 aromatic heterocycles. The Labute approximate surface area is 264 Å². The van der Waals surface area contributed by atoms with Crippen molar-refractivity contribution in [2.75, 3.05) is 13.2 Å². The fourth-order valence-corrected chi connectivity index (χ4v) is 5.65. The molecule has 4 aromatic rings. The van der Waals surface area contributed by atoms with Crippen LogP contribution in [0.15, 0.2) is 84.9 Å². The van der Waals surface area contributed by atoms with Gasteiger partial charge in [0.1, 0.15) is 11.6 Å². The maximum Gasteiger partial charge on any atom is 0.305 e. The molecule has 3 aromatic carbocycles. The van der Waals surface area contributed by atoms with Gasteiger partial charge in [-0.05, 0) is 50.5 Å². The Kier molecular flexibility index (Phi) is 14.1. The summed E-state index contributed by atoms with van der Waals surface area (Å²) in [4.78, 5) is 17.0. The number of imidazole rings is 1. The number of hydrogen-bond acceptors (Lipinski definition) is 4. The maximum atomic E-state index is 11.7. The SMILES string of the molecule is CCCCCCCCOc1ccc(-c2nc(-c3ccccc3)c(-c3ccccc3)n2CCCCCCCC(=O)OCC)cc1. The van der Waals surface area contributed by atoms with E-state index >= 15 is 0 Å². The number of esters is 1. The third-order valence-electron chi connectivity index (χ3n) is 8.01. The first-order chi connectivity index (χ1) is 21.7. The molecule has 0 spiro atoms. The van der Waals surface area contributed by atoms with E-state index < -0.39 is 0 Å². The second kappa shape index (κ2) is 18.7. The maximum absolute atomic E-state index is 11.7. The summed E-state index contributed by atoms with van der Waals surface area (Å²) in [6.07, 6.45) is 13.2. The Bertz CT molecular complexity index is 1360. The zero-order chi connectivity index (χ0) is 30.8. The Morgan fingerprint density at radius 1 is 0.659 bits per heavy atom. The number of nitrogens with zero attached hydrogens (tertiary/aromatic N) is 2. The van der Waals surface area contributed by atoms with Crippen LogP contribution in [-0.2, 0) is 16.1 Å². The lowest BCUT2D eigenvalue weighted by Gasteiger charge is -2.14. The number of rotatable bonds is 20. The molecule has 0 unspecified atom stereocenters. The van der Waals surface area contributed by atoms with Gasteiger partial charge >= 0.3 is 5.97 Å². The van der Waals surface area contributed by atoms with Gasteiger partial charge in [-0.1, -0.05) is 119 Å². The summed E-state index contributed by atoms with van der Waals surface area (Å²) in [6.45, 7) is 6.19. The topological polar surface area (TPSA) is 53.4 Å². The summed E-state index contributed by atoms with van der Waals surface area (Å²) in [5, 5.41) is 0. The number of ether oxygens (including phenoxy) is 2. The predicted octanol–water partition coefficient (Wildman–Crippen LogP) is 10.5. The summed E-state index contributed by atoms with van der Waals surface area (Å²) < 4.78 is 13.6. The van der Waals surface area contributed by atoms with Gasteiger partial charge in [-0.2, -0.15) is 0 Å². The molecule has 0 aliphatic carbocycles. The highest BCUT2D eigenvalue weighted by atomic mass is 16.5. The summed E-state index contributed by atoms with van der Waals surface area (Å²) in [5.41, 5.74) is 5.52. The molecule has 0 N–H and O–H groups in total. The number of carbonyl (C=O) groups excluding carboxylic acids is 1. The van der Waals surface area contributed by atoms with E-state index in [4.69, 9.17) is 14.5 Å². The molecule has 1 heterocycles. The first-order valence-corrected chi connectivity index (χ1v) is 16.8. The van der Waals surface area contributed by atoms with Crippen LogP contribution < -0.4 is 4.74 Å². The van der Waals surface area contributed by atoms with Gasteiger partial charge in [-0.3, -0.25) is 4.79 Å². The normalized spacial score (nSPS) is 11.0. The molecular weight excluding hydrogens is 544 g/mol. The molecule has 0 amide bonds. The fraction of sp³-hybridized carbons (Fsp3) is 0.436. The Morgan fingerprint density at radius 2 is 1.27 bits per heavy atom. The van der Waals surface area contributed by atoms with E-state index in [0.29, 0.717) is 13.0 Å². The van der Waals surface area contributed by atoms with E-state index in [1.165, 1.54) is 37.7 Å². The average Bonchev–Trinajstić information content (AvgIpc) is 3.44. The molecule has 0 fully saturated rings. The van der Waals surface area contributed by atoms with E-state index in [1.807, 2.05) is 6.92 Å².